The molecular weight excluding hydrogens is 369 g/mol. The van der Waals surface area contributed by atoms with E-state index in [1.165, 1.54) is 12.3 Å². The van der Waals surface area contributed by atoms with Crippen LogP contribution < -0.4 is 15.6 Å². The number of halogens is 1. The molecule has 3 aromatic rings. The fraction of sp³-hybridized carbons (Fsp3) is 0.238. The smallest absolute Gasteiger partial charge is 0.250 e. The Bertz CT molecular complexity index is 943. The number of nitrogens with zero attached hydrogens (tertiary/aromatic N) is 5. The van der Waals surface area contributed by atoms with Crippen LogP contribution in [0.2, 0.25) is 0 Å². The van der Waals surface area contributed by atoms with E-state index in [1.54, 1.807) is 18.2 Å². The molecule has 1 heterocycles. The normalized spacial score (nSPS) is 10.9. The maximum Gasteiger partial charge on any atom is 0.250 e. The molecule has 0 radical (unpaired) electrons. The molecule has 29 heavy (non-hydrogen) atoms. The zero-order valence-electron chi connectivity index (χ0n) is 16.5. The van der Waals surface area contributed by atoms with Gasteiger partial charge in [0, 0.05) is 25.2 Å². The molecule has 0 unspecified atom stereocenters. The number of rotatable bonds is 9. The third-order valence-corrected chi connectivity index (χ3v) is 4.24. The van der Waals surface area contributed by atoms with E-state index >= 15 is 0 Å². The highest BCUT2D eigenvalue weighted by atomic mass is 19.1. The Morgan fingerprint density at radius 3 is 2.34 bits per heavy atom. The average Bonchev–Trinajstić information content (AvgIpc) is 2.75. The maximum absolute atomic E-state index is 13.7. The highest BCUT2D eigenvalue weighted by Gasteiger charge is 2.11. The highest BCUT2D eigenvalue weighted by Crippen LogP contribution is 2.14. The van der Waals surface area contributed by atoms with Gasteiger partial charge in [-0.1, -0.05) is 48.5 Å². The van der Waals surface area contributed by atoms with Crippen molar-refractivity contribution >= 4 is 24.1 Å². The van der Waals surface area contributed by atoms with Crippen LogP contribution in [-0.4, -0.2) is 34.3 Å². The van der Waals surface area contributed by atoms with Crippen molar-refractivity contribution in [3.8, 4) is 0 Å². The molecule has 0 saturated heterocycles. The molecular formula is C21H24FN7. The Hall–Kier alpha value is -3.55. The number of hydrazone groups is 1. The first-order chi connectivity index (χ1) is 14.2. The molecule has 0 bridgehead atoms. The van der Waals surface area contributed by atoms with Gasteiger partial charge in [-0.2, -0.15) is 20.1 Å². The first-order valence-corrected chi connectivity index (χ1v) is 9.52. The van der Waals surface area contributed by atoms with E-state index in [1.807, 2.05) is 49.1 Å². The second-order valence-corrected chi connectivity index (χ2v) is 6.19. The number of anilines is 3. The van der Waals surface area contributed by atoms with Gasteiger partial charge >= 0.3 is 0 Å². The Balaban J connectivity index is 1.79. The fourth-order valence-corrected chi connectivity index (χ4v) is 2.66. The van der Waals surface area contributed by atoms with Crippen LogP contribution >= 0.6 is 0 Å². The molecule has 0 aliphatic rings. The molecule has 0 amide bonds. The van der Waals surface area contributed by atoms with Crippen molar-refractivity contribution in [3.05, 3.63) is 71.5 Å². The van der Waals surface area contributed by atoms with Crippen LogP contribution in [0, 0.1) is 5.82 Å². The standard InChI is InChI=1S/C21H24FN7/c1-3-29(4-2)21-26-19(23-14-16-10-6-5-7-11-16)25-20(27-21)28-24-15-17-12-8-9-13-18(17)22/h5-13,15H,3-4,14H2,1-2H3,(H2,23,25,26,27,28)/b24-15-. The van der Waals surface area contributed by atoms with Gasteiger partial charge in [-0.05, 0) is 25.5 Å². The first-order valence-electron chi connectivity index (χ1n) is 9.52. The minimum atomic E-state index is -0.345. The summed E-state index contributed by atoms with van der Waals surface area (Å²) >= 11 is 0. The van der Waals surface area contributed by atoms with Crippen LogP contribution in [-0.2, 0) is 6.54 Å². The molecule has 1 aromatic heterocycles. The number of nitrogens with one attached hydrogen (secondary N) is 2. The number of aromatic nitrogens is 3. The van der Waals surface area contributed by atoms with Crippen molar-refractivity contribution in [2.45, 2.75) is 20.4 Å². The van der Waals surface area contributed by atoms with Gasteiger partial charge in [0.1, 0.15) is 5.82 Å². The van der Waals surface area contributed by atoms with Gasteiger partial charge in [0.15, 0.2) is 0 Å². The van der Waals surface area contributed by atoms with Gasteiger partial charge in [0.25, 0.3) is 0 Å². The summed E-state index contributed by atoms with van der Waals surface area (Å²) < 4.78 is 13.7. The van der Waals surface area contributed by atoms with E-state index < -0.39 is 0 Å². The largest absolute Gasteiger partial charge is 0.350 e. The summed E-state index contributed by atoms with van der Waals surface area (Å²) in [5.74, 6) is 0.922. The monoisotopic (exact) mass is 393 g/mol. The predicted octanol–water partition coefficient (Wildman–Crippen LogP) is 3.92. The van der Waals surface area contributed by atoms with E-state index in [4.69, 9.17) is 0 Å². The molecule has 7 nitrogen and oxygen atoms in total. The van der Waals surface area contributed by atoms with Gasteiger partial charge in [0.2, 0.25) is 17.8 Å². The molecule has 0 spiro atoms. The first kappa shape index (κ1) is 20.2. The minimum absolute atomic E-state index is 0.282. The van der Waals surface area contributed by atoms with Crippen molar-refractivity contribution in [2.24, 2.45) is 5.10 Å². The lowest BCUT2D eigenvalue weighted by Gasteiger charge is -2.19. The Morgan fingerprint density at radius 1 is 0.931 bits per heavy atom. The van der Waals surface area contributed by atoms with Gasteiger partial charge in [-0.3, -0.25) is 0 Å². The summed E-state index contributed by atoms with van der Waals surface area (Å²) in [7, 11) is 0. The summed E-state index contributed by atoms with van der Waals surface area (Å²) in [6.45, 7) is 6.18. The molecule has 0 aliphatic heterocycles. The summed E-state index contributed by atoms with van der Waals surface area (Å²) in [5, 5.41) is 7.29. The molecule has 150 valence electrons. The molecule has 3 rings (SSSR count). The number of benzene rings is 2. The third-order valence-electron chi connectivity index (χ3n) is 4.24. The Morgan fingerprint density at radius 2 is 1.62 bits per heavy atom. The van der Waals surface area contributed by atoms with Crippen molar-refractivity contribution in [1.82, 2.24) is 15.0 Å². The third kappa shape index (κ3) is 5.71. The summed E-state index contributed by atoms with van der Waals surface area (Å²) in [6.07, 6.45) is 1.40. The molecule has 2 N–H and O–H groups in total. The van der Waals surface area contributed by atoms with Crippen LogP contribution in [0.3, 0.4) is 0 Å². The summed E-state index contributed by atoms with van der Waals surface area (Å²) in [4.78, 5) is 15.3. The van der Waals surface area contributed by atoms with E-state index in [0.717, 1.165) is 18.7 Å². The van der Waals surface area contributed by atoms with Crippen molar-refractivity contribution < 1.29 is 4.39 Å². The van der Waals surface area contributed by atoms with E-state index in [9.17, 15) is 4.39 Å². The minimum Gasteiger partial charge on any atom is -0.350 e. The molecule has 0 aliphatic carbocycles. The Kier molecular flexibility index (Phi) is 7.05. The molecule has 0 saturated carbocycles. The van der Waals surface area contributed by atoms with Crippen molar-refractivity contribution in [2.75, 3.05) is 28.7 Å². The predicted molar refractivity (Wildman–Crippen MR) is 115 cm³/mol. The van der Waals surface area contributed by atoms with Crippen molar-refractivity contribution in [3.63, 3.8) is 0 Å². The van der Waals surface area contributed by atoms with Gasteiger partial charge in [0.05, 0.1) is 6.21 Å². The van der Waals surface area contributed by atoms with Crippen LogP contribution in [0.25, 0.3) is 0 Å². The van der Waals surface area contributed by atoms with E-state index in [0.29, 0.717) is 24.0 Å². The molecule has 8 heteroatoms. The SMILES string of the molecule is CCN(CC)c1nc(NCc2ccccc2)nc(N/N=C\c2ccccc2F)n1. The van der Waals surface area contributed by atoms with Gasteiger partial charge < -0.3 is 10.2 Å². The molecule has 0 fully saturated rings. The second kappa shape index (κ2) is 10.1. The highest BCUT2D eigenvalue weighted by molar-refractivity contribution is 5.80. The maximum atomic E-state index is 13.7. The average molecular weight is 393 g/mol. The van der Waals surface area contributed by atoms with Crippen LogP contribution in [0.1, 0.15) is 25.0 Å². The van der Waals surface area contributed by atoms with Crippen LogP contribution in [0.15, 0.2) is 59.7 Å². The lowest BCUT2D eigenvalue weighted by atomic mass is 10.2. The zero-order valence-corrected chi connectivity index (χ0v) is 16.5. The van der Waals surface area contributed by atoms with Crippen LogP contribution in [0.5, 0.6) is 0 Å². The van der Waals surface area contributed by atoms with Gasteiger partial charge in [-0.25, -0.2) is 9.82 Å². The number of hydrogen-bond acceptors (Lipinski definition) is 7. The lowest BCUT2D eigenvalue weighted by molar-refractivity contribution is 0.626. The van der Waals surface area contributed by atoms with Crippen LogP contribution in [0.4, 0.5) is 22.2 Å². The zero-order chi connectivity index (χ0) is 20.5. The van der Waals surface area contributed by atoms with Crippen molar-refractivity contribution in [1.29, 1.82) is 0 Å². The fourth-order valence-electron chi connectivity index (χ4n) is 2.66. The lowest BCUT2D eigenvalue weighted by Crippen LogP contribution is -2.25. The number of hydrogen-bond donors (Lipinski definition) is 2. The summed E-state index contributed by atoms with van der Waals surface area (Å²) in [6, 6.07) is 16.4. The molecule has 2 aromatic carbocycles. The second-order valence-electron chi connectivity index (χ2n) is 6.19. The molecule has 0 atom stereocenters. The summed E-state index contributed by atoms with van der Waals surface area (Å²) in [5.41, 5.74) is 4.27. The van der Waals surface area contributed by atoms with E-state index in [2.05, 4.69) is 30.8 Å². The van der Waals surface area contributed by atoms with E-state index in [-0.39, 0.29) is 11.8 Å². The quantitative estimate of drug-likeness (QED) is 0.424. The Labute approximate surface area is 169 Å². The topological polar surface area (TPSA) is 78.3 Å². The van der Waals surface area contributed by atoms with Gasteiger partial charge in [-0.15, -0.1) is 0 Å².